The molecule has 2 N–H and O–H groups in total. The molecule has 9 heteroatoms. The van der Waals surface area contributed by atoms with Gasteiger partial charge in [-0.15, -0.1) is 0 Å². The summed E-state index contributed by atoms with van der Waals surface area (Å²) in [5.74, 6) is -0.869. The van der Waals surface area contributed by atoms with Gasteiger partial charge in [0.1, 0.15) is 11.4 Å². The van der Waals surface area contributed by atoms with Gasteiger partial charge in [0.15, 0.2) is 0 Å². The van der Waals surface area contributed by atoms with Gasteiger partial charge in [-0.25, -0.2) is 0 Å². The molecule has 0 amide bonds. The normalized spacial score (nSPS) is 11.7. The summed E-state index contributed by atoms with van der Waals surface area (Å²) in [5.41, 5.74) is -2.97. The summed E-state index contributed by atoms with van der Waals surface area (Å²) in [6.45, 7) is 0. The molecule has 3 nitrogen and oxygen atoms in total. The quantitative estimate of drug-likeness (QED) is 0.724. The maximum atomic E-state index is 12.5. The van der Waals surface area contributed by atoms with Crippen LogP contribution in [0.3, 0.4) is 0 Å². The van der Waals surface area contributed by atoms with Crippen molar-refractivity contribution in [1.29, 1.82) is 0 Å². The van der Waals surface area contributed by atoms with Crippen LogP contribution in [0.15, 0.2) is 23.0 Å². The predicted octanol–water partition coefficient (Wildman–Crippen LogP) is 4.73. The highest BCUT2D eigenvalue weighted by atomic mass is 35.5. The van der Waals surface area contributed by atoms with Crippen LogP contribution in [0.4, 0.5) is 13.2 Å². The number of aromatic amines is 1. The second kappa shape index (κ2) is 5.44. The number of rotatable bonds is 1. The maximum Gasteiger partial charge on any atom is 0.431 e. The van der Waals surface area contributed by atoms with Gasteiger partial charge in [0.05, 0.1) is 20.6 Å². The summed E-state index contributed by atoms with van der Waals surface area (Å²) in [7, 11) is 0. The Balaban J connectivity index is 2.73. The smallest absolute Gasteiger partial charge is 0.431 e. The zero-order valence-corrected chi connectivity index (χ0v) is 12.1. The second-order valence-electron chi connectivity index (χ2n) is 3.99. The third kappa shape index (κ3) is 2.97. The highest BCUT2D eigenvalue weighted by Crippen LogP contribution is 2.40. The SMILES string of the molecule is O=c1[nH]c(C(F)(F)F)cc(O)c1-c1ccc(Cl)c(Cl)c1Cl. The van der Waals surface area contributed by atoms with Gasteiger partial charge >= 0.3 is 6.18 Å². The summed E-state index contributed by atoms with van der Waals surface area (Å²) in [4.78, 5) is 13.4. The number of pyridine rings is 1. The van der Waals surface area contributed by atoms with Crippen LogP contribution in [0.25, 0.3) is 11.1 Å². The molecule has 0 unspecified atom stereocenters. The van der Waals surface area contributed by atoms with Gasteiger partial charge in [-0.3, -0.25) is 4.79 Å². The van der Waals surface area contributed by atoms with E-state index in [-0.39, 0.29) is 20.6 Å². The lowest BCUT2D eigenvalue weighted by Crippen LogP contribution is -2.17. The van der Waals surface area contributed by atoms with Crippen molar-refractivity contribution >= 4 is 34.8 Å². The van der Waals surface area contributed by atoms with Crippen LogP contribution in [-0.4, -0.2) is 10.1 Å². The highest BCUT2D eigenvalue weighted by Gasteiger charge is 2.33. The van der Waals surface area contributed by atoms with Gasteiger partial charge < -0.3 is 10.1 Å². The van der Waals surface area contributed by atoms with Crippen LogP contribution in [0.2, 0.25) is 15.1 Å². The van der Waals surface area contributed by atoms with Crippen molar-refractivity contribution < 1.29 is 18.3 Å². The lowest BCUT2D eigenvalue weighted by Gasteiger charge is -2.11. The molecule has 0 saturated heterocycles. The third-order valence-electron chi connectivity index (χ3n) is 2.62. The Morgan fingerprint density at radius 3 is 2.24 bits per heavy atom. The van der Waals surface area contributed by atoms with Crippen molar-refractivity contribution in [2.45, 2.75) is 6.18 Å². The van der Waals surface area contributed by atoms with Crippen LogP contribution in [0.5, 0.6) is 5.75 Å². The first kappa shape index (κ1) is 16.0. The van der Waals surface area contributed by atoms with E-state index in [2.05, 4.69) is 0 Å². The summed E-state index contributed by atoms with van der Waals surface area (Å²) in [6, 6.07) is 2.98. The zero-order valence-electron chi connectivity index (χ0n) is 9.86. The molecule has 0 aliphatic heterocycles. The Labute approximate surface area is 130 Å². The van der Waals surface area contributed by atoms with E-state index in [1.807, 2.05) is 0 Å². The monoisotopic (exact) mass is 357 g/mol. The second-order valence-corrected chi connectivity index (χ2v) is 5.16. The Morgan fingerprint density at radius 1 is 1.10 bits per heavy atom. The largest absolute Gasteiger partial charge is 0.507 e. The van der Waals surface area contributed by atoms with Crippen molar-refractivity contribution in [3.63, 3.8) is 0 Å². The summed E-state index contributed by atoms with van der Waals surface area (Å²) < 4.78 is 37.6. The fourth-order valence-corrected chi connectivity index (χ4v) is 2.31. The first-order valence-electron chi connectivity index (χ1n) is 5.30. The van der Waals surface area contributed by atoms with Gasteiger partial charge in [-0.05, 0) is 6.07 Å². The zero-order chi connectivity index (χ0) is 15.9. The van der Waals surface area contributed by atoms with E-state index in [4.69, 9.17) is 34.8 Å². The average Bonchev–Trinajstić information content (AvgIpc) is 2.36. The van der Waals surface area contributed by atoms with E-state index in [0.717, 1.165) is 0 Å². The Morgan fingerprint density at radius 2 is 1.71 bits per heavy atom. The fraction of sp³-hybridized carbons (Fsp3) is 0.0833. The topological polar surface area (TPSA) is 53.1 Å². The van der Waals surface area contributed by atoms with Crippen molar-refractivity contribution in [3.8, 4) is 16.9 Å². The van der Waals surface area contributed by atoms with Gasteiger partial charge in [-0.1, -0.05) is 40.9 Å². The van der Waals surface area contributed by atoms with Crippen LogP contribution in [0.1, 0.15) is 5.69 Å². The van der Waals surface area contributed by atoms with E-state index in [9.17, 15) is 23.1 Å². The van der Waals surface area contributed by atoms with Gasteiger partial charge in [0, 0.05) is 11.6 Å². The van der Waals surface area contributed by atoms with Gasteiger partial charge in [0.2, 0.25) is 0 Å². The van der Waals surface area contributed by atoms with Crippen molar-refractivity contribution in [1.82, 2.24) is 4.98 Å². The van der Waals surface area contributed by atoms with E-state index in [1.165, 1.54) is 12.1 Å². The van der Waals surface area contributed by atoms with E-state index in [1.54, 1.807) is 4.98 Å². The molecule has 21 heavy (non-hydrogen) atoms. The number of alkyl halides is 3. The highest BCUT2D eigenvalue weighted by molar-refractivity contribution is 6.49. The molecule has 0 saturated carbocycles. The number of nitrogens with one attached hydrogen (secondary N) is 1. The molecule has 0 radical (unpaired) electrons. The molecule has 1 aromatic heterocycles. The van der Waals surface area contributed by atoms with E-state index in [0.29, 0.717) is 6.07 Å². The van der Waals surface area contributed by atoms with Gasteiger partial charge in [-0.2, -0.15) is 13.2 Å². The number of halogens is 6. The number of H-pyrrole nitrogens is 1. The summed E-state index contributed by atoms with van der Waals surface area (Å²) in [6.07, 6.45) is -4.80. The fourth-order valence-electron chi connectivity index (χ4n) is 1.68. The van der Waals surface area contributed by atoms with Crippen molar-refractivity contribution in [3.05, 3.63) is 49.3 Å². The maximum absolute atomic E-state index is 12.5. The molecule has 1 heterocycles. The molecule has 0 aliphatic carbocycles. The summed E-state index contributed by atoms with van der Waals surface area (Å²) in [5, 5.41) is 9.60. The molecule has 0 fully saturated rings. The number of benzene rings is 1. The first-order chi connectivity index (χ1) is 9.62. The van der Waals surface area contributed by atoms with Crippen molar-refractivity contribution in [2.24, 2.45) is 0 Å². The third-order valence-corrected chi connectivity index (χ3v) is 3.92. The minimum Gasteiger partial charge on any atom is -0.507 e. The van der Waals surface area contributed by atoms with Crippen LogP contribution < -0.4 is 5.56 Å². The number of hydrogen-bond acceptors (Lipinski definition) is 2. The summed E-state index contributed by atoms with van der Waals surface area (Å²) >= 11 is 17.4. The molecule has 0 spiro atoms. The first-order valence-corrected chi connectivity index (χ1v) is 6.43. The minimum atomic E-state index is -4.80. The lowest BCUT2D eigenvalue weighted by atomic mass is 10.1. The molecule has 0 bridgehead atoms. The molecule has 1 aromatic carbocycles. The Hall–Kier alpha value is -1.37. The number of aromatic hydroxyl groups is 1. The molecule has 0 aliphatic rings. The minimum absolute atomic E-state index is 0.0291. The Bertz CT molecular complexity index is 772. The lowest BCUT2D eigenvalue weighted by molar-refractivity contribution is -0.141. The molecule has 2 rings (SSSR count). The van der Waals surface area contributed by atoms with Crippen LogP contribution >= 0.6 is 34.8 Å². The van der Waals surface area contributed by atoms with Gasteiger partial charge in [0.25, 0.3) is 5.56 Å². The van der Waals surface area contributed by atoms with E-state index < -0.39 is 28.7 Å². The number of aromatic nitrogens is 1. The molecular formula is C12H5Cl3F3NO2. The molecule has 2 aromatic rings. The van der Waals surface area contributed by atoms with Crippen LogP contribution in [0, 0.1) is 0 Å². The molecular weight excluding hydrogens is 353 g/mol. The molecule has 0 atom stereocenters. The predicted molar refractivity (Wildman–Crippen MR) is 74.2 cm³/mol. The van der Waals surface area contributed by atoms with E-state index >= 15 is 0 Å². The van der Waals surface area contributed by atoms with Crippen molar-refractivity contribution in [2.75, 3.05) is 0 Å². The average molecular weight is 359 g/mol. The standard InChI is InChI=1S/C12H5Cl3F3NO2/c13-5-2-1-4(9(14)10(5)15)8-6(20)3-7(12(16,17)18)19-11(8)21/h1-3H,(H2,19,20,21). The number of hydrogen-bond donors (Lipinski definition) is 2. The van der Waals surface area contributed by atoms with Crippen LogP contribution in [-0.2, 0) is 6.18 Å². The Kier molecular flexibility index (Phi) is 4.15. The molecule has 112 valence electrons.